The Hall–Kier alpha value is -1.28. The highest BCUT2D eigenvalue weighted by atomic mass is 16.5. The van der Waals surface area contributed by atoms with Crippen LogP contribution in [0.5, 0.6) is 5.75 Å². The zero-order valence-electron chi connectivity index (χ0n) is 7.08. The van der Waals surface area contributed by atoms with E-state index in [1.807, 2.05) is 6.07 Å². The third-order valence-electron chi connectivity index (χ3n) is 1.55. The van der Waals surface area contributed by atoms with Crippen LogP contribution in [0.25, 0.3) is 6.08 Å². The van der Waals surface area contributed by atoms with Crippen molar-refractivity contribution in [1.82, 2.24) is 0 Å². The van der Waals surface area contributed by atoms with Gasteiger partial charge in [0.1, 0.15) is 5.75 Å². The second-order valence-corrected chi connectivity index (χ2v) is 2.57. The first-order valence-electron chi connectivity index (χ1n) is 3.70. The molecule has 0 aliphatic carbocycles. The molecule has 2 heteroatoms. The lowest BCUT2D eigenvalue weighted by Crippen LogP contribution is -1.87. The van der Waals surface area contributed by atoms with Crippen molar-refractivity contribution in [3.05, 3.63) is 35.9 Å². The number of rotatable bonds is 3. The molecule has 2 nitrogen and oxygen atoms in total. The summed E-state index contributed by atoms with van der Waals surface area (Å²) in [4.78, 5) is 0. The standard InChI is InChI=1S/C10H12O2/c1-3-8-4-9(7-12-2)6-10(11)5-8/h3-6,11H,1,7H2,2H3. The normalized spacial score (nSPS) is 9.75. The van der Waals surface area contributed by atoms with Crippen LogP contribution >= 0.6 is 0 Å². The Morgan fingerprint density at radius 1 is 1.50 bits per heavy atom. The van der Waals surface area contributed by atoms with Gasteiger partial charge in [-0.05, 0) is 29.3 Å². The molecule has 1 rings (SSSR count). The van der Waals surface area contributed by atoms with Crippen LogP contribution in [-0.2, 0) is 11.3 Å². The van der Waals surface area contributed by atoms with E-state index in [1.165, 1.54) is 0 Å². The molecule has 0 aliphatic rings. The van der Waals surface area contributed by atoms with Crippen LogP contribution in [0.1, 0.15) is 11.1 Å². The van der Waals surface area contributed by atoms with Crippen molar-refractivity contribution in [2.45, 2.75) is 6.61 Å². The molecule has 64 valence electrons. The van der Waals surface area contributed by atoms with Crippen molar-refractivity contribution >= 4 is 6.08 Å². The van der Waals surface area contributed by atoms with Crippen molar-refractivity contribution in [3.8, 4) is 5.75 Å². The first-order valence-corrected chi connectivity index (χ1v) is 3.70. The van der Waals surface area contributed by atoms with E-state index in [9.17, 15) is 5.11 Å². The number of methoxy groups -OCH3 is 1. The Labute approximate surface area is 72.1 Å². The van der Waals surface area contributed by atoms with E-state index in [2.05, 4.69) is 6.58 Å². The van der Waals surface area contributed by atoms with E-state index in [-0.39, 0.29) is 5.75 Å². The van der Waals surface area contributed by atoms with Gasteiger partial charge < -0.3 is 9.84 Å². The molecule has 0 bridgehead atoms. The molecule has 0 amide bonds. The summed E-state index contributed by atoms with van der Waals surface area (Å²) in [6.07, 6.45) is 1.69. The van der Waals surface area contributed by atoms with E-state index in [0.717, 1.165) is 11.1 Å². The number of ether oxygens (including phenoxy) is 1. The summed E-state index contributed by atoms with van der Waals surface area (Å²) >= 11 is 0. The summed E-state index contributed by atoms with van der Waals surface area (Å²) in [6.45, 7) is 4.13. The number of benzene rings is 1. The fraction of sp³-hybridized carbons (Fsp3) is 0.200. The molecule has 0 aromatic heterocycles. The molecule has 12 heavy (non-hydrogen) atoms. The molecule has 0 heterocycles. The molecule has 1 aromatic carbocycles. The van der Waals surface area contributed by atoms with Crippen LogP contribution in [0.3, 0.4) is 0 Å². The molecule has 1 N–H and O–H groups in total. The summed E-state index contributed by atoms with van der Waals surface area (Å²) in [6, 6.07) is 5.26. The van der Waals surface area contributed by atoms with E-state index in [4.69, 9.17) is 4.74 Å². The van der Waals surface area contributed by atoms with E-state index < -0.39 is 0 Å². The second-order valence-electron chi connectivity index (χ2n) is 2.57. The van der Waals surface area contributed by atoms with Crippen LogP contribution < -0.4 is 0 Å². The molecule has 0 fully saturated rings. The van der Waals surface area contributed by atoms with Crippen LogP contribution in [0.2, 0.25) is 0 Å². The Balaban J connectivity index is 2.97. The Morgan fingerprint density at radius 3 is 2.83 bits per heavy atom. The number of phenolic OH excluding ortho intramolecular Hbond substituents is 1. The Morgan fingerprint density at radius 2 is 2.25 bits per heavy atom. The van der Waals surface area contributed by atoms with Crippen LogP contribution in [-0.4, -0.2) is 12.2 Å². The largest absolute Gasteiger partial charge is 0.508 e. The predicted molar refractivity (Wildman–Crippen MR) is 48.9 cm³/mol. The van der Waals surface area contributed by atoms with Crippen molar-refractivity contribution in [1.29, 1.82) is 0 Å². The van der Waals surface area contributed by atoms with Gasteiger partial charge in [0.2, 0.25) is 0 Å². The van der Waals surface area contributed by atoms with Crippen LogP contribution in [0.15, 0.2) is 24.8 Å². The van der Waals surface area contributed by atoms with E-state index in [1.54, 1.807) is 25.3 Å². The minimum atomic E-state index is 0.249. The fourth-order valence-corrected chi connectivity index (χ4v) is 1.07. The lowest BCUT2D eigenvalue weighted by atomic mass is 10.1. The molecule has 0 aliphatic heterocycles. The number of hydrogen-bond acceptors (Lipinski definition) is 2. The average Bonchev–Trinajstić information content (AvgIpc) is 2.04. The first kappa shape index (κ1) is 8.81. The molecule has 0 unspecified atom stereocenters. The fourth-order valence-electron chi connectivity index (χ4n) is 1.07. The van der Waals surface area contributed by atoms with Crippen molar-refractivity contribution in [2.24, 2.45) is 0 Å². The molecule has 0 saturated carbocycles. The van der Waals surface area contributed by atoms with Gasteiger partial charge in [-0.25, -0.2) is 0 Å². The average molecular weight is 164 g/mol. The van der Waals surface area contributed by atoms with Gasteiger partial charge in [-0.3, -0.25) is 0 Å². The van der Waals surface area contributed by atoms with Gasteiger partial charge in [-0.2, -0.15) is 0 Å². The zero-order chi connectivity index (χ0) is 8.97. The second kappa shape index (κ2) is 3.93. The highest BCUT2D eigenvalue weighted by molar-refractivity contribution is 5.51. The minimum Gasteiger partial charge on any atom is -0.508 e. The van der Waals surface area contributed by atoms with E-state index in [0.29, 0.717) is 6.61 Å². The third kappa shape index (κ3) is 2.10. The Bertz CT molecular complexity index is 279. The third-order valence-corrected chi connectivity index (χ3v) is 1.55. The maximum Gasteiger partial charge on any atom is 0.116 e. The molecular weight excluding hydrogens is 152 g/mol. The van der Waals surface area contributed by atoms with Crippen LogP contribution in [0, 0.1) is 0 Å². The Kier molecular flexibility index (Phi) is 2.88. The van der Waals surface area contributed by atoms with Gasteiger partial charge in [0, 0.05) is 7.11 Å². The topological polar surface area (TPSA) is 29.5 Å². The first-order chi connectivity index (χ1) is 5.76. The summed E-state index contributed by atoms with van der Waals surface area (Å²) in [5.74, 6) is 0.249. The van der Waals surface area contributed by atoms with Gasteiger partial charge in [0.05, 0.1) is 6.61 Å². The molecular formula is C10H12O2. The van der Waals surface area contributed by atoms with Crippen molar-refractivity contribution in [3.63, 3.8) is 0 Å². The molecule has 0 radical (unpaired) electrons. The maximum absolute atomic E-state index is 9.25. The number of phenols is 1. The predicted octanol–water partition coefficient (Wildman–Crippen LogP) is 2.18. The lowest BCUT2D eigenvalue weighted by molar-refractivity contribution is 0.184. The quantitative estimate of drug-likeness (QED) is 0.742. The van der Waals surface area contributed by atoms with Gasteiger partial charge in [-0.1, -0.05) is 12.7 Å². The number of hydrogen-bond donors (Lipinski definition) is 1. The van der Waals surface area contributed by atoms with Crippen molar-refractivity contribution < 1.29 is 9.84 Å². The highest BCUT2D eigenvalue weighted by Crippen LogP contribution is 2.16. The molecule has 0 atom stereocenters. The van der Waals surface area contributed by atoms with Gasteiger partial charge in [-0.15, -0.1) is 0 Å². The summed E-state index contributed by atoms with van der Waals surface area (Å²) in [7, 11) is 1.62. The maximum atomic E-state index is 9.25. The molecule has 0 spiro atoms. The summed E-state index contributed by atoms with van der Waals surface area (Å²) in [5.41, 5.74) is 1.86. The number of aromatic hydroxyl groups is 1. The van der Waals surface area contributed by atoms with E-state index >= 15 is 0 Å². The summed E-state index contributed by atoms with van der Waals surface area (Å²) in [5, 5.41) is 9.25. The smallest absolute Gasteiger partial charge is 0.116 e. The molecule has 0 saturated heterocycles. The van der Waals surface area contributed by atoms with Gasteiger partial charge in [0.25, 0.3) is 0 Å². The zero-order valence-corrected chi connectivity index (χ0v) is 7.08. The van der Waals surface area contributed by atoms with Gasteiger partial charge in [0.15, 0.2) is 0 Å². The van der Waals surface area contributed by atoms with Crippen LogP contribution in [0.4, 0.5) is 0 Å². The SMILES string of the molecule is C=Cc1cc(O)cc(COC)c1. The monoisotopic (exact) mass is 164 g/mol. The van der Waals surface area contributed by atoms with Gasteiger partial charge >= 0.3 is 0 Å². The minimum absolute atomic E-state index is 0.249. The highest BCUT2D eigenvalue weighted by Gasteiger charge is 1.96. The van der Waals surface area contributed by atoms with Crippen molar-refractivity contribution in [2.75, 3.05) is 7.11 Å². The summed E-state index contributed by atoms with van der Waals surface area (Å²) < 4.78 is 4.94. The molecule has 1 aromatic rings. The lowest BCUT2D eigenvalue weighted by Gasteiger charge is -2.02.